The first-order valence-electron chi connectivity index (χ1n) is 5.48. The van der Waals surface area contributed by atoms with Crippen LogP contribution in [0.25, 0.3) is 0 Å². The third-order valence-corrected chi connectivity index (χ3v) is 4.21. The molecule has 1 aromatic heterocycles. The summed E-state index contributed by atoms with van der Waals surface area (Å²) in [6, 6.07) is 6.49. The van der Waals surface area contributed by atoms with Gasteiger partial charge in [-0.1, -0.05) is 11.6 Å². The van der Waals surface area contributed by atoms with Gasteiger partial charge in [-0.05, 0) is 30.3 Å². The van der Waals surface area contributed by atoms with Gasteiger partial charge < -0.3 is 9.67 Å². The Hall–Kier alpha value is -1.99. The van der Waals surface area contributed by atoms with E-state index in [0.29, 0.717) is 0 Å². The molecule has 1 aromatic carbocycles. The number of hydrogen-bond donors (Lipinski definition) is 2. The van der Waals surface area contributed by atoms with E-state index in [2.05, 4.69) is 4.72 Å². The average molecular weight is 315 g/mol. The third kappa shape index (κ3) is 2.78. The molecule has 0 aliphatic carbocycles. The number of halogens is 1. The number of nitrogens with one attached hydrogen (secondary N) is 1. The first kappa shape index (κ1) is 14.4. The van der Waals surface area contributed by atoms with Gasteiger partial charge in [-0.3, -0.25) is 9.52 Å². The highest BCUT2D eigenvalue weighted by molar-refractivity contribution is 7.92. The van der Waals surface area contributed by atoms with Crippen LogP contribution in [-0.2, 0) is 17.1 Å². The van der Waals surface area contributed by atoms with Gasteiger partial charge in [0.05, 0.1) is 0 Å². The molecule has 106 valence electrons. The maximum absolute atomic E-state index is 12.2. The molecule has 6 nitrogen and oxygen atoms in total. The van der Waals surface area contributed by atoms with Crippen LogP contribution >= 0.6 is 11.6 Å². The van der Waals surface area contributed by atoms with Gasteiger partial charge in [-0.2, -0.15) is 0 Å². The number of nitrogens with zero attached hydrogens (tertiary/aromatic N) is 1. The summed E-state index contributed by atoms with van der Waals surface area (Å²) in [5.41, 5.74) is -0.619. The highest BCUT2D eigenvalue weighted by Crippen LogP contribution is 2.27. The molecule has 8 heteroatoms. The molecule has 0 atom stereocenters. The van der Waals surface area contributed by atoms with Crippen LogP contribution in [0.3, 0.4) is 0 Å². The van der Waals surface area contributed by atoms with E-state index in [4.69, 9.17) is 11.6 Å². The summed E-state index contributed by atoms with van der Waals surface area (Å²) < 4.78 is 27.7. The van der Waals surface area contributed by atoms with Crippen molar-refractivity contribution < 1.29 is 13.5 Å². The largest absolute Gasteiger partial charge is 0.507 e. The minimum atomic E-state index is -4.10. The molecule has 0 saturated heterocycles. The lowest BCUT2D eigenvalue weighted by molar-refractivity contribution is 0.459. The first-order valence-corrected chi connectivity index (χ1v) is 7.34. The number of aryl methyl sites for hydroxylation is 1. The fourth-order valence-corrected chi connectivity index (χ4v) is 3.00. The number of sulfonamides is 1. The van der Waals surface area contributed by atoms with E-state index >= 15 is 0 Å². The Kier molecular flexibility index (Phi) is 3.74. The van der Waals surface area contributed by atoms with Gasteiger partial charge in [-0.15, -0.1) is 0 Å². The number of phenolic OH excluding ortho intramolecular Hbond substituents is 1. The van der Waals surface area contributed by atoms with Gasteiger partial charge in [-0.25, -0.2) is 8.42 Å². The number of aromatic nitrogens is 1. The van der Waals surface area contributed by atoms with E-state index in [-0.39, 0.29) is 10.7 Å². The molecule has 1 heterocycles. The van der Waals surface area contributed by atoms with E-state index in [1.54, 1.807) is 0 Å². The van der Waals surface area contributed by atoms with Crippen molar-refractivity contribution in [3.8, 4) is 5.75 Å². The zero-order valence-electron chi connectivity index (χ0n) is 10.4. The molecular weight excluding hydrogens is 304 g/mol. The number of rotatable bonds is 3. The first-order chi connectivity index (χ1) is 9.31. The number of aromatic hydroxyl groups is 1. The van der Waals surface area contributed by atoms with E-state index in [1.165, 1.54) is 42.1 Å². The van der Waals surface area contributed by atoms with Gasteiger partial charge in [0.1, 0.15) is 16.3 Å². The topological polar surface area (TPSA) is 88.4 Å². The second-order valence-corrected chi connectivity index (χ2v) is 6.14. The highest BCUT2D eigenvalue weighted by Gasteiger charge is 2.20. The van der Waals surface area contributed by atoms with Crippen LogP contribution in [0.5, 0.6) is 5.75 Å². The minimum absolute atomic E-state index is 0.116. The lowest BCUT2D eigenvalue weighted by atomic mass is 10.3. The Labute approximate surface area is 120 Å². The van der Waals surface area contributed by atoms with Crippen molar-refractivity contribution in [2.75, 3.05) is 4.72 Å². The molecule has 0 aliphatic heterocycles. The Morgan fingerprint density at radius 1 is 1.30 bits per heavy atom. The van der Waals surface area contributed by atoms with Crippen molar-refractivity contribution in [3.63, 3.8) is 0 Å². The quantitative estimate of drug-likeness (QED) is 0.899. The monoisotopic (exact) mass is 314 g/mol. The molecule has 0 fully saturated rings. The molecule has 0 aliphatic rings. The molecule has 0 radical (unpaired) electrons. The van der Waals surface area contributed by atoms with Crippen LogP contribution in [0.1, 0.15) is 0 Å². The number of phenols is 1. The lowest BCUT2D eigenvalue weighted by Crippen LogP contribution is -2.23. The van der Waals surface area contributed by atoms with Crippen LogP contribution in [0.2, 0.25) is 5.02 Å². The molecule has 0 unspecified atom stereocenters. The fraction of sp³-hybridized carbons (Fsp3) is 0.0833. The van der Waals surface area contributed by atoms with Crippen molar-refractivity contribution in [3.05, 3.63) is 51.9 Å². The van der Waals surface area contributed by atoms with E-state index in [1.807, 2.05) is 0 Å². The fourth-order valence-electron chi connectivity index (χ4n) is 1.58. The summed E-state index contributed by atoms with van der Waals surface area (Å²) in [6.45, 7) is 0. The molecule has 2 rings (SSSR count). The minimum Gasteiger partial charge on any atom is -0.507 e. The van der Waals surface area contributed by atoms with Gasteiger partial charge in [0, 0.05) is 18.3 Å². The maximum atomic E-state index is 12.2. The summed E-state index contributed by atoms with van der Waals surface area (Å²) in [7, 11) is -2.61. The van der Waals surface area contributed by atoms with Crippen molar-refractivity contribution >= 4 is 27.3 Å². The van der Waals surface area contributed by atoms with Gasteiger partial charge in [0.25, 0.3) is 15.6 Å². The van der Waals surface area contributed by atoms with Gasteiger partial charge >= 0.3 is 0 Å². The van der Waals surface area contributed by atoms with Crippen molar-refractivity contribution in [2.24, 2.45) is 7.05 Å². The van der Waals surface area contributed by atoms with Crippen molar-refractivity contribution in [2.45, 2.75) is 4.90 Å². The number of pyridine rings is 1. The summed E-state index contributed by atoms with van der Waals surface area (Å²) in [5.74, 6) is -0.449. The van der Waals surface area contributed by atoms with Gasteiger partial charge in [0.15, 0.2) is 0 Å². The molecule has 2 N–H and O–H groups in total. The second-order valence-electron chi connectivity index (χ2n) is 4.06. The third-order valence-electron chi connectivity index (χ3n) is 2.58. The molecule has 20 heavy (non-hydrogen) atoms. The molecule has 0 spiro atoms. The summed E-state index contributed by atoms with van der Waals surface area (Å²) in [6.07, 6.45) is 1.50. The summed E-state index contributed by atoms with van der Waals surface area (Å²) in [5, 5.41) is 9.77. The molecule has 0 bridgehead atoms. The molecule has 0 amide bonds. The van der Waals surface area contributed by atoms with Gasteiger partial charge in [0.2, 0.25) is 0 Å². The predicted molar refractivity (Wildman–Crippen MR) is 75.6 cm³/mol. The van der Waals surface area contributed by atoms with Crippen LogP contribution in [0.4, 0.5) is 5.69 Å². The maximum Gasteiger partial charge on any atom is 0.274 e. The number of hydrogen-bond acceptors (Lipinski definition) is 4. The van der Waals surface area contributed by atoms with E-state index in [9.17, 15) is 18.3 Å². The predicted octanol–water partition coefficient (Wildman–Crippen LogP) is 1.55. The normalized spacial score (nSPS) is 11.3. The Morgan fingerprint density at radius 2 is 2.00 bits per heavy atom. The SMILES string of the molecule is Cn1cccc(NS(=O)(=O)c2cc(Cl)ccc2O)c1=O. The second kappa shape index (κ2) is 5.18. The number of anilines is 1. The van der Waals surface area contributed by atoms with Crippen molar-refractivity contribution in [1.29, 1.82) is 0 Å². The van der Waals surface area contributed by atoms with Crippen molar-refractivity contribution in [1.82, 2.24) is 4.57 Å². The Balaban J connectivity index is 2.49. The molecule has 2 aromatic rings. The average Bonchev–Trinajstić information content (AvgIpc) is 2.37. The summed E-state index contributed by atoms with van der Waals surface area (Å²) >= 11 is 5.71. The molecular formula is C12H11ClN2O4S. The molecule has 0 saturated carbocycles. The van der Waals surface area contributed by atoms with E-state index < -0.39 is 26.2 Å². The Morgan fingerprint density at radius 3 is 2.70 bits per heavy atom. The Bertz CT molecular complexity index is 814. The van der Waals surface area contributed by atoms with E-state index in [0.717, 1.165) is 6.07 Å². The van der Waals surface area contributed by atoms with Crippen LogP contribution in [0, 0.1) is 0 Å². The zero-order chi connectivity index (χ0) is 14.9. The van der Waals surface area contributed by atoms with Crippen LogP contribution in [0.15, 0.2) is 46.2 Å². The van der Waals surface area contributed by atoms with Crippen LogP contribution < -0.4 is 10.3 Å². The number of benzene rings is 1. The lowest BCUT2D eigenvalue weighted by Gasteiger charge is -2.10. The smallest absolute Gasteiger partial charge is 0.274 e. The highest BCUT2D eigenvalue weighted by atomic mass is 35.5. The summed E-state index contributed by atoms with van der Waals surface area (Å²) in [4.78, 5) is 11.4. The van der Waals surface area contributed by atoms with Crippen LogP contribution in [-0.4, -0.2) is 18.1 Å². The standard InChI is InChI=1S/C12H11ClN2O4S/c1-15-6-2-3-9(12(15)17)14-20(18,19)11-7-8(13)4-5-10(11)16/h2-7,14,16H,1H3. The zero-order valence-corrected chi connectivity index (χ0v) is 11.9.